The molecule has 0 amide bonds. The lowest BCUT2D eigenvalue weighted by Gasteiger charge is -2.18. The van der Waals surface area contributed by atoms with Gasteiger partial charge in [-0.3, -0.25) is 0 Å². The molecule has 0 bridgehead atoms. The van der Waals surface area contributed by atoms with E-state index in [9.17, 15) is 0 Å². The topological polar surface area (TPSA) is 22.1 Å². The largest absolute Gasteiger partial charge is 0.477 e. The Morgan fingerprint density at radius 2 is 2.07 bits per heavy atom. The summed E-state index contributed by atoms with van der Waals surface area (Å²) in [7, 11) is 0. The zero-order valence-corrected chi connectivity index (χ0v) is 9.85. The zero-order chi connectivity index (χ0) is 10.8. The Balaban J connectivity index is 2.68. The van der Waals surface area contributed by atoms with Crippen LogP contribution in [0.2, 0.25) is 5.02 Å². The van der Waals surface area contributed by atoms with Crippen LogP contribution in [-0.4, -0.2) is 11.6 Å². The van der Waals surface area contributed by atoms with Crippen molar-refractivity contribution in [2.45, 2.75) is 27.7 Å². The van der Waals surface area contributed by atoms with Crippen LogP contribution in [0.3, 0.4) is 0 Å². The maximum atomic E-state index is 5.79. The van der Waals surface area contributed by atoms with Crippen molar-refractivity contribution in [1.82, 2.24) is 4.98 Å². The number of rotatable bonds is 2. The molecule has 2 nitrogen and oxygen atoms in total. The molecule has 1 heterocycles. The van der Waals surface area contributed by atoms with Gasteiger partial charge in [-0.15, -0.1) is 0 Å². The van der Waals surface area contributed by atoms with E-state index < -0.39 is 0 Å². The first-order chi connectivity index (χ1) is 6.38. The van der Waals surface area contributed by atoms with Crippen molar-refractivity contribution in [3.05, 3.63) is 22.8 Å². The molecule has 0 fully saturated rings. The molecule has 0 N–H and O–H groups in total. The summed E-state index contributed by atoms with van der Waals surface area (Å²) in [5.41, 5.74) is 1.12. The molecule has 1 aromatic heterocycles. The second-order valence-electron chi connectivity index (χ2n) is 4.62. The van der Waals surface area contributed by atoms with E-state index in [-0.39, 0.29) is 5.41 Å². The van der Waals surface area contributed by atoms with Gasteiger partial charge in [0.25, 0.3) is 0 Å². The summed E-state index contributed by atoms with van der Waals surface area (Å²) in [6.07, 6.45) is 1.60. The Labute approximate surface area is 90.3 Å². The minimum atomic E-state index is 0.147. The number of hydrogen-bond acceptors (Lipinski definition) is 2. The quantitative estimate of drug-likeness (QED) is 0.751. The van der Waals surface area contributed by atoms with E-state index in [4.69, 9.17) is 16.3 Å². The van der Waals surface area contributed by atoms with Crippen molar-refractivity contribution in [1.29, 1.82) is 0 Å². The Kier molecular flexibility index (Phi) is 3.38. The van der Waals surface area contributed by atoms with Crippen LogP contribution >= 0.6 is 11.6 Å². The third-order valence-corrected chi connectivity index (χ3v) is 1.85. The van der Waals surface area contributed by atoms with Gasteiger partial charge in [0.15, 0.2) is 0 Å². The van der Waals surface area contributed by atoms with Gasteiger partial charge in [0.1, 0.15) is 0 Å². The third kappa shape index (κ3) is 3.54. The van der Waals surface area contributed by atoms with E-state index >= 15 is 0 Å². The van der Waals surface area contributed by atoms with Crippen LogP contribution in [0, 0.1) is 12.3 Å². The van der Waals surface area contributed by atoms with Gasteiger partial charge in [0, 0.05) is 11.8 Å². The molecule has 1 rings (SSSR count). The molecule has 3 heteroatoms. The maximum Gasteiger partial charge on any atom is 0.216 e. The molecule has 0 atom stereocenters. The molecule has 14 heavy (non-hydrogen) atoms. The summed E-state index contributed by atoms with van der Waals surface area (Å²) in [4.78, 5) is 4.13. The maximum absolute atomic E-state index is 5.79. The highest BCUT2D eigenvalue weighted by Gasteiger charge is 2.12. The Morgan fingerprint density at radius 3 is 2.57 bits per heavy atom. The minimum Gasteiger partial charge on any atom is -0.477 e. The fourth-order valence-electron chi connectivity index (χ4n) is 0.964. The van der Waals surface area contributed by atoms with Gasteiger partial charge in [0.2, 0.25) is 5.88 Å². The predicted molar refractivity (Wildman–Crippen MR) is 58.9 cm³/mol. The highest BCUT2D eigenvalue weighted by atomic mass is 35.5. The van der Waals surface area contributed by atoms with Gasteiger partial charge in [-0.05, 0) is 18.4 Å². The number of aryl methyl sites for hydroxylation is 1. The monoisotopic (exact) mass is 213 g/mol. The second kappa shape index (κ2) is 4.18. The van der Waals surface area contributed by atoms with E-state index in [0.717, 1.165) is 5.56 Å². The molecule has 1 aromatic rings. The molecule has 0 radical (unpaired) electrons. The molecule has 0 aliphatic carbocycles. The Hall–Kier alpha value is -0.760. The molecular formula is C11H16ClNO. The minimum absolute atomic E-state index is 0.147. The van der Waals surface area contributed by atoms with E-state index in [2.05, 4.69) is 25.8 Å². The number of halogens is 1. The molecule has 0 aliphatic rings. The summed E-state index contributed by atoms with van der Waals surface area (Å²) in [6.45, 7) is 8.97. The van der Waals surface area contributed by atoms with Crippen LogP contribution in [0.5, 0.6) is 5.88 Å². The summed E-state index contributed by atoms with van der Waals surface area (Å²) in [6, 6.07) is 1.85. The van der Waals surface area contributed by atoms with Crippen molar-refractivity contribution >= 4 is 11.6 Å². The molecule has 0 spiro atoms. The van der Waals surface area contributed by atoms with Gasteiger partial charge in [0.05, 0.1) is 11.6 Å². The van der Waals surface area contributed by atoms with Crippen molar-refractivity contribution in [2.24, 2.45) is 5.41 Å². The molecule has 78 valence electrons. The van der Waals surface area contributed by atoms with Crippen molar-refractivity contribution in [3.8, 4) is 5.88 Å². The van der Waals surface area contributed by atoms with E-state index in [1.807, 2.05) is 13.0 Å². The van der Waals surface area contributed by atoms with E-state index in [0.29, 0.717) is 17.5 Å². The number of hydrogen-bond donors (Lipinski definition) is 0. The Bertz CT molecular complexity index is 318. The summed E-state index contributed by atoms with van der Waals surface area (Å²) in [5, 5.41) is 0.644. The smallest absolute Gasteiger partial charge is 0.216 e. The first-order valence-electron chi connectivity index (χ1n) is 4.63. The van der Waals surface area contributed by atoms with Crippen molar-refractivity contribution in [3.63, 3.8) is 0 Å². The lowest BCUT2D eigenvalue weighted by atomic mass is 9.99. The van der Waals surface area contributed by atoms with E-state index in [1.54, 1.807) is 6.20 Å². The summed E-state index contributed by atoms with van der Waals surface area (Å²) in [5.74, 6) is 0.671. The Morgan fingerprint density at radius 1 is 1.43 bits per heavy atom. The molecule has 0 saturated heterocycles. The van der Waals surface area contributed by atoms with Gasteiger partial charge < -0.3 is 4.74 Å². The SMILES string of the molecule is Cc1cc(Cl)cnc1OCC(C)(C)C. The van der Waals surface area contributed by atoms with Crippen molar-refractivity contribution < 1.29 is 4.74 Å². The van der Waals surface area contributed by atoms with Gasteiger partial charge >= 0.3 is 0 Å². The first-order valence-corrected chi connectivity index (χ1v) is 5.01. The normalized spacial score (nSPS) is 11.5. The number of nitrogens with zero attached hydrogens (tertiary/aromatic N) is 1. The first kappa shape index (κ1) is 11.3. The van der Waals surface area contributed by atoms with Crippen LogP contribution in [0.1, 0.15) is 26.3 Å². The highest BCUT2D eigenvalue weighted by molar-refractivity contribution is 6.30. The summed E-state index contributed by atoms with van der Waals surface area (Å²) < 4.78 is 5.59. The molecular weight excluding hydrogens is 198 g/mol. The van der Waals surface area contributed by atoms with Crippen LogP contribution in [0.15, 0.2) is 12.3 Å². The van der Waals surface area contributed by atoms with Crippen LogP contribution < -0.4 is 4.74 Å². The number of ether oxygens (including phenoxy) is 1. The average molecular weight is 214 g/mol. The van der Waals surface area contributed by atoms with Crippen LogP contribution in [0.25, 0.3) is 0 Å². The zero-order valence-electron chi connectivity index (χ0n) is 9.10. The third-order valence-electron chi connectivity index (χ3n) is 1.64. The average Bonchev–Trinajstić information content (AvgIpc) is 2.00. The molecule has 0 aliphatic heterocycles. The standard InChI is InChI=1S/C11H16ClNO/c1-8-5-9(12)6-13-10(8)14-7-11(2,3)4/h5-6H,7H2,1-4H3. The fraction of sp³-hybridized carbons (Fsp3) is 0.545. The van der Waals surface area contributed by atoms with Crippen molar-refractivity contribution in [2.75, 3.05) is 6.61 Å². The second-order valence-corrected chi connectivity index (χ2v) is 5.06. The van der Waals surface area contributed by atoms with Gasteiger partial charge in [-0.1, -0.05) is 32.4 Å². The van der Waals surface area contributed by atoms with Crippen LogP contribution in [0.4, 0.5) is 0 Å². The fourth-order valence-corrected chi connectivity index (χ4v) is 1.18. The molecule has 0 saturated carbocycles. The number of aromatic nitrogens is 1. The lowest BCUT2D eigenvalue weighted by Crippen LogP contribution is -2.17. The summed E-state index contributed by atoms with van der Waals surface area (Å²) >= 11 is 5.79. The van der Waals surface area contributed by atoms with Gasteiger partial charge in [-0.2, -0.15) is 0 Å². The van der Waals surface area contributed by atoms with Gasteiger partial charge in [-0.25, -0.2) is 4.98 Å². The van der Waals surface area contributed by atoms with E-state index in [1.165, 1.54) is 0 Å². The number of pyridine rings is 1. The molecule has 0 unspecified atom stereocenters. The predicted octanol–water partition coefficient (Wildman–Crippen LogP) is 3.47. The highest BCUT2D eigenvalue weighted by Crippen LogP contribution is 2.21. The lowest BCUT2D eigenvalue weighted by molar-refractivity contribution is 0.190. The van der Waals surface area contributed by atoms with Crippen LogP contribution in [-0.2, 0) is 0 Å². The molecule has 0 aromatic carbocycles.